The molecular weight excluding hydrogens is 405 g/mol. The van der Waals surface area contributed by atoms with Gasteiger partial charge in [-0.15, -0.1) is 0 Å². The Kier molecular flexibility index (Phi) is 5.59. The van der Waals surface area contributed by atoms with E-state index in [0.29, 0.717) is 16.8 Å². The van der Waals surface area contributed by atoms with E-state index in [0.717, 1.165) is 12.1 Å². The van der Waals surface area contributed by atoms with Crippen LogP contribution in [0.15, 0.2) is 71.3 Å². The van der Waals surface area contributed by atoms with Crippen molar-refractivity contribution in [1.29, 1.82) is 10.7 Å². The number of hydrogen-bond donors (Lipinski definition) is 2. The third kappa shape index (κ3) is 3.88. The van der Waals surface area contributed by atoms with Crippen LogP contribution in [0.4, 0.5) is 18.9 Å². The Morgan fingerprint density at radius 2 is 1.87 bits per heavy atom. The van der Waals surface area contributed by atoms with Crippen LogP contribution >= 0.6 is 0 Å². The molecule has 0 radical (unpaired) electrons. The van der Waals surface area contributed by atoms with Crippen molar-refractivity contribution in [2.45, 2.75) is 25.9 Å². The van der Waals surface area contributed by atoms with Crippen LogP contribution in [0.25, 0.3) is 4.85 Å². The summed E-state index contributed by atoms with van der Waals surface area (Å²) < 4.78 is 39.7. The quantitative estimate of drug-likeness (QED) is 0.451. The summed E-state index contributed by atoms with van der Waals surface area (Å²) in [4.78, 5) is 4.84. The molecule has 0 amide bonds. The predicted octanol–water partition coefficient (Wildman–Crippen LogP) is 6.14. The fourth-order valence-electron chi connectivity index (χ4n) is 3.63. The van der Waals surface area contributed by atoms with Crippen LogP contribution in [0.2, 0.25) is 0 Å². The van der Waals surface area contributed by atoms with Gasteiger partial charge in [0, 0.05) is 17.0 Å². The molecule has 1 unspecified atom stereocenters. The number of hydrogen-bond acceptors (Lipinski definition) is 3. The minimum Gasteiger partial charge on any atom is -0.512 e. The molecule has 0 aromatic heterocycles. The Bertz CT molecular complexity index is 1190. The van der Waals surface area contributed by atoms with Gasteiger partial charge in [0.05, 0.1) is 35.4 Å². The molecule has 1 heterocycles. The average Bonchev–Trinajstić information content (AvgIpc) is 2.73. The van der Waals surface area contributed by atoms with E-state index in [1.165, 1.54) is 24.0 Å². The molecular formula is C23H17F3N4O. The van der Waals surface area contributed by atoms with Crippen LogP contribution in [0.5, 0.6) is 0 Å². The first-order valence-corrected chi connectivity index (χ1v) is 9.14. The summed E-state index contributed by atoms with van der Waals surface area (Å²) in [5, 5.41) is 28.1. The lowest BCUT2D eigenvalue weighted by atomic mass is 9.82. The molecule has 0 spiro atoms. The zero-order chi connectivity index (χ0) is 22.9. The lowest BCUT2D eigenvalue weighted by Crippen LogP contribution is -2.38. The first-order chi connectivity index (χ1) is 14.6. The molecule has 0 aliphatic carbocycles. The van der Waals surface area contributed by atoms with Gasteiger partial charge in [-0.05, 0) is 49.7 Å². The van der Waals surface area contributed by atoms with Gasteiger partial charge >= 0.3 is 6.18 Å². The summed E-state index contributed by atoms with van der Waals surface area (Å²) in [7, 11) is 0. The Morgan fingerprint density at radius 3 is 2.39 bits per heavy atom. The summed E-state index contributed by atoms with van der Waals surface area (Å²) in [6.07, 6.45) is -4.56. The maximum atomic E-state index is 13.2. The molecule has 2 N–H and O–H groups in total. The van der Waals surface area contributed by atoms with E-state index < -0.39 is 17.7 Å². The van der Waals surface area contributed by atoms with E-state index in [9.17, 15) is 18.3 Å². The third-order valence-corrected chi connectivity index (χ3v) is 5.06. The first-order valence-electron chi connectivity index (χ1n) is 9.14. The van der Waals surface area contributed by atoms with Crippen LogP contribution in [0, 0.1) is 23.3 Å². The highest BCUT2D eigenvalue weighted by Gasteiger charge is 2.39. The van der Waals surface area contributed by atoms with Gasteiger partial charge in [-0.2, -0.15) is 18.4 Å². The highest BCUT2D eigenvalue weighted by atomic mass is 19.4. The second-order valence-corrected chi connectivity index (χ2v) is 6.98. The molecule has 8 heteroatoms. The summed E-state index contributed by atoms with van der Waals surface area (Å²) in [6, 6.07) is 12.9. The second-order valence-electron chi connectivity index (χ2n) is 6.98. The minimum atomic E-state index is -4.56. The number of aliphatic hydroxyl groups excluding tert-OH is 1. The number of nitrogens with zero attached hydrogens (tertiary/aromatic N) is 3. The fraction of sp³-hybridized carbons (Fsp3) is 0.174. The van der Waals surface area contributed by atoms with Gasteiger partial charge in [-0.3, -0.25) is 5.41 Å². The maximum Gasteiger partial charge on any atom is 0.416 e. The SMILES string of the molecule is [C-]#[N+]C1=C(C)N(c2cccc(C(F)(F)F)c2)C(=N)/C(=C(\C)O)C1c1ccc(C#N)cc1. The second kappa shape index (κ2) is 8.00. The topological polar surface area (TPSA) is 75.5 Å². The predicted molar refractivity (Wildman–Crippen MR) is 110 cm³/mol. The van der Waals surface area contributed by atoms with Crippen LogP contribution in [0.3, 0.4) is 0 Å². The third-order valence-electron chi connectivity index (χ3n) is 5.06. The van der Waals surface area contributed by atoms with Crippen molar-refractivity contribution in [1.82, 2.24) is 0 Å². The number of rotatable bonds is 2. The van der Waals surface area contributed by atoms with Gasteiger partial charge in [0.1, 0.15) is 5.84 Å². The van der Waals surface area contributed by atoms with E-state index in [1.807, 2.05) is 6.07 Å². The molecule has 2 aromatic rings. The van der Waals surface area contributed by atoms with Crippen LogP contribution in [-0.4, -0.2) is 10.9 Å². The number of anilines is 1. The molecule has 5 nitrogen and oxygen atoms in total. The standard InChI is InChI=1S/C23H17F3N4O/c1-13-21(29-3)20(16-9-7-15(12-27)8-10-16)19(14(2)31)22(28)30(13)18-6-4-5-17(11-18)23(24,25)26/h4-11,20,28,31H,1-2H3/b19-14+,28-22?. The minimum absolute atomic E-state index is 0.0653. The van der Waals surface area contributed by atoms with Gasteiger partial charge < -0.3 is 10.0 Å². The summed E-state index contributed by atoms with van der Waals surface area (Å²) in [6.45, 7) is 10.6. The largest absolute Gasteiger partial charge is 0.512 e. The van der Waals surface area contributed by atoms with E-state index in [4.69, 9.17) is 17.2 Å². The Morgan fingerprint density at radius 1 is 1.23 bits per heavy atom. The first kappa shape index (κ1) is 21.7. The number of amidine groups is 1. The maximum absolute atomic E-state index is 13.2. The van der Waals surface area contributed by atoms with Crippen molar-refractivity contribution in [2.75, 3.05) is 4.90 Å². The van der Waals surface area contributed by atoms with Crippen molar-refractivity contribution < 1.29 is 18.3 Å². The van der Waals surface area contributed by atoms with Crippen molar-refractivity contribution in [2.24, 2.45) is 0 Å². The molecule has 0 bridgehead atoms. The number of benzene rings is 2. The van der Waals surface area contributed by atoms with Gasteiger partial charge in [0.25, 0.3) is 0 Å². The van der Waals surface area contributed by atoms with Crippen molar-refractivity contribution in [3.8, 4) is 6.07 Å². The number of nitrogens with one attached hydrogen (secondary N) is 1. The molecule has 0 saturated heterocycles. The zero-order valence-electron chi connectivity index (χ0n) is 16.6. The van der Waals surface area contributed by atoms with E-state index >= 15 is 0 Å². The number of aliphatic hydroxyl groups is 1. The Balaban J connectivity index is 2.24. The number of nitriles is 1. The van der Waals surface area contributed by atoms with Gasteiger partial charge in [-0.25, -0.2) is 4.85 Å². The molecule has 1 aliphatic heterocycles. The Hall–Kier alpha value is -4.04. The van der Waals surface area contributed by atoms with Crippen molar-refractivity contribution in [3.05, 3.63) is 99.4 Å². The summed E-state index contributed by atoms with van der Waals surface area (Å²) >= 11 is 0. The molecule has 2 aromatic carbocycles. The van der Waals surface area contributed by atoms with Gasteiger partial charge in [-0.1, -0.05) is 18.2 Å². The summed E-state index contributed by atoms with van der Waals surface area (Å²) in [5.41, 5.74) is 0.752. The van der Waals surface area contributed by atoms with Crippen LogP contribution in [-0.2, 0) is 6.18 Å². The Labute approximate surface area is 177 Å². The van der Waals surface area contributed by atoms with Crippen LogP contribution in [0.1, 0.15) is 36.5 Å². The monoisotopic (exact) mass is 422 g/mol. The number of allylic oxidation sites excluding steroid dienone is 3. The fourth-order valence-corrected chi connectivity index (χ4v) is 3.63. The molecule has 0 fully saturated rings. The number of halogens is 3. The number of alkyl halides is 3. The average molecular weight is 422 g/mol. The lowest BCUT2D eigenvalue weighted by Gasteiger charge is -2.37. The highest BCUT2D eigenvalue weighted by Crippen LogP contribution is 2.44. The molecule has 1 aliphatic rings. The summed E-state index contributed by atoms with van der Waals surface area (Å²) in [5.74, 6) is -1.23. The molecule has 1 atom stereocenters. The molecule has 31 heavy (non-hydrogen) atoms. The van der Waals surface area contributed by atoms with Gasteiger partial charge in [0.15, 0.2) is 5.70 Å². The molecule has 3 rings (SSSR count). The lowest BCUT2D eigenvalue weighted by molar-refractivity contribution is -0.137. The molecule has 156 valence electrons. The van der Waals surface area contributed by atoms with Gasteiger partial charge in [0.2, 0.25) is 0 Å². The zero-order valence-corrected chi connectivity index (χ0v) is 16.6. The van der Waals surface area contributed by atoms with E-state index in [1.54, 1.807) is 31.2 Å². The van der Waals surface area contributed by atoms with Crippen molar-refractivity contribution in [3.63, 3.8) is 0 Å². The normalized spacial score (nSPS) is 18.5. The highest BCUT2D eigenvalue weighted by molar-refractivity contribution is 6.13. The van der Waals surface area contributed by atoms with E-state index in [2.05, 4.69) is 4.85 Å². The smallest absolute Gasteiger partial charge is 0.416 e. The van der Waals surface area contributed by atoms with Crippen molar-refractivity contribution >= 4 is 11.5 Å². The van der Waals surface area contributed by atoms with Crippen LogP contribution < -0.4 is 4.90 Å². The van der Waals surface area contributed by atoms with E-state index in [-0.39, 0.29) is 28.6 Å². The molecule has 0 saturated carbocycles.